The van der Waals surface area contributed by atoms with Crippen LogP contribution in [0.3, 0.4) is 0 Å². The van der Waals surface area contributed by atoms with Crippen molar-refractivity contribution in [3.05, 3.63) is 6.42 Å². The summed E-state index contributed by atoms with van der Waals surface area (Å²) in [7, 11) is 3.50. The van der Waals surface area contributed by atoms with E-state index in [1.165, 1.54) is 6.42 Å². The first kappa shape index (κ1) is 8.02. The maximum Gasteiger partial charge on any atom is 0.0628 e. The minimum Gasteiger partial charge on any atom is -0.381 e. The highest BCUT2D eigenvalue weighted by Gasteiger charge is 2.21. The molecule has 59 valence electrons. The highest BCUT2D eigenvalue weighted by atomic mass is 16.5. The van der Waals surface area contributed by atoms with Gasteiger partial charge in [-0.15, -0.1) is 0 Å². The zero-order valence-corrected chi connectivity index (χ0v) is 6.67. The summed E-state index contributed by atoms with van der Waals surface area (Å²) in [5.41, 5.74) is 0. The highest BCUT2D eigenvalue weighted by Crippen LogP contribution is 2.21. The van der Waals surface area contributed by atoms with Gasteiger partial charge in [0.25, 0.3) is 0 Å². The molecule has 0 aromatic carbocycles. The van der Waals surface area contributed by atoms with E-state index in [0.717, 1.165) is 12.8 Å². The second-order valence-electron chi connectivity index (χ2n) is 2.67. The summed E-state index contributed by atoms with van der Waals surface area (Å²) in [5, 5.41) is 0. The Morgan fingerprint density at radius 2 is 1.60 bits per heavy atom. The Morgan fingerprint density at radius 3 is 2.00 bits per heavy atom. The van der Waals surface area contributed by atoms with Crippen LogP contribution in [0.15, 0.2) is 0 Å². The fraction of sp³-hybridized carbons (Fsp3) is 0.875. The molecule has 1 fully saturated rings. The van der Waals surface area contributed by atoms with Gasteiger partial charge < -0.3 is 9.47 Å². The molecule has 0 saturated heterocycles. The Kier molecular flexibility index (Phi) is 3.16. The molecule has 10 heavy (non-hydrogen) atoms. The van der Waals surface area contributed by atoms with Gasteiger partial charge in [-0.3, -0.25) is 0 Å². The minimum absolute atomic E-state index is 0.318. The third-order valence-electron chi connectivity index (χ3n) is 2.01. The molecule has 0 aromatic rings. The third kappa shape index (κ3) is 1.96. The van der Waals surface area contributed by atoms with Gasteiger partial charge in [-0.2, -0.15) is 0 Å². The van der Waals surface area contributed by atoms with Crippen LogP contribution < -0.4 is 0 Å². The van der Waals surface area contributed by atoms with Crippen LogP contribution in [0.4, 0.5) is 0 Å². The molecular formula is C8H15O2. The van der Waals surface area contributed by atoms with E-state index < -0.39 is 0 Å². The summed E-state index contributed by atoms with van der Waals surface area (Å²) in [6.07, 6.45) is 6.29. The molecule has 1 rings (SSSR count). The van der Waals surface area contributed by atoms with Crippen molar-refractivity contribution in [2.75, 3.05) is 14.2 Å². The number of hydrogen-bond acceptors (Lipinski definition) is 2. The Labute approximate surface area is 62.5 Å². The van der Waals surface area contributed by atoms with Gasteiger partial charge in [-0.05, 0) is 19.3 Å². The lowest BCUT2D eigenvalue weighted by molar-refractivity contribution is 0.0368. The molecule has 1 aliphatic carbocycles. The molecule has 0 heterocycles. The quantitative estimate of drug-likeness (QED) is 0.581. The maximum atomic E-state index is 5.19. The summed E-state index contributed by atoms with van der Waals surface area (Å²) in [5.74, 6) is 0. The second-order valence-corrected chi connectivity index (χ2v) is 2.67. The van der Waals surface area contributed by atoms with E-state index in [1.54, 1.807) is 14.2 Å². The molecular weight excluding hydrogens is 128 g/mol. The van der Waals surface area contributed by atoms with E-state index in [4.69, 9.17) is 9.47 Å². The van der Waals surface area contributed by atoms with Gasteiger partial charge in [0.1, 0.15) is 0 Å². The van der Waals surface area contributed by atoms with Gasteiger partial charge in [0.2, 0.25) is 0 Å². The SMILES string of the molecule is COC1[CH]C(OC)CCC1. The molecule has 0 N–H and O–H groups in total. The van der Waals surface area contributed by atoms with Gasteiger partial charge in [0.15, 0.2) is 0 Å². The molecule has 1 aliphatic rings. The van der Waals surface area contributed by atoms with Gasteiger partial charge >= 0.3 is 0 Å². The van der Waals surface area contributed by atoms with Crippen molar-refractivity contribution in [1.29, 1.82) is 0 Å². The number of ether oxygens (including phenoxy) is 2. The summed E-state index contributed by atoms with van der Waals surface area (Å²) in [6, 6.07) is 0. The number of hydrogen-bond donors (Lipinski definition) is 0. The molecule has 2 heteroatoms. The number of rotatable bonds is 2. The van der Waals surface area contributed by atoms with Crippen LogP contribution in [-0.4, -0.2) is 26.4 Å². The lowest BCUT2D eigenvalue weighted by Crippen LogP contribution is -2.27. The average Bonchev–Trinajstić information content (AvgIpc) is 2.05. The molecule has 0 spiro atoms. The first-order chi connectivity index (χ1) is 4.86. The van der Waals surface area contributed by atoms with Crippen molar-refractivity contribution in [2.24, 2.45) is 0 Å². The predicted molar refractivity (Wildman–Crippen MR) is 39.7 cm³/mol. The summed E-state index contributed by atoms with van der Waals surface area (Å²) in [6.45, 7) is 0. The highest BCUT2D eigenvalue weighted by molar-refractivity contribution is 4.89. The van der Waals surface area contributed by atoms with E-state index in [2.05, 4.69) is 6.42 Å². The van der Waals surface area contributed by atoms with Crippen LogP contribution >= 0.6 is 0 Å². The smallest absolute Gasteiger partial charge is 0.0628 e. The lowest BCUT2D eigenvalue weighted by Gasteiger charge is -2.26. The van der Waals surface area contributed by atoms with Crippen molar-refractivity contribution in [1.82, 2.24) is 0 Å². The fourth-order valence-electron chi connectivity index (χ4n) is 1.34. The van der Waals surface area contributed by atoms with Gasteiger partial charge in [0, 0.05) is 20.6 Å². The van der Waals surface area contributed by atoms with Crippen molar-refractivity contribution in [3.8, 4) is 0 Å². The monoisotopic (exact) mass is 143 g/mol. The van der Waals surface area contributed by atoms with E-state index >= 15 is 0 Å². The topological polar surface area (TPSA) is 18.5 Å². The van der Waals surface area contributed by atoms with Gasteiger partial charge in [-0.25, -0.2) is 0 Å². The third-order valence-corrected chi connectivity index (χ3v) is 2.01. The Balaban J connectivity index is 2.25. The first-order valence-corrected chi connectivity index (χ1v) is 3.77. The van der Waals surface area contributed by atoms with Crippen LogP contribution in [0.1, 0.15) is 19.3 Å². The molecule has 2 atom stereocenters. The zero-order valence-electron chi connectivity index (χ0n) is 6.67. The molecule has 0 amide bonds. The van der Waals surface area contributed by atoms with Crippen LogP contribution in [0, 0.1) is 6.42 Å². The maximum absolute atomic E-state index is 5.19. The van der Waals surface area contributed by atoms with Crippen molar-refractivity contribution < 1.29 is 9.47 Å². The predicted octanol–water partition coefficient (Wildman–Crippen LogP) is 1.40. The standard InChI is InChI=1S/C8H15O2/c1-9-7-4-3-5-8(6-7)10-2/h6-8H,3-5H2,1-2H3. The Morgan fingerprint density at radius 1 is 1.10 bits per heavy atom. The van der Waals surface area contributed by atoms with Crippen LogP contribution in [0.5, 0.6) is 0 Å². The molecule has 0 bridgehead atoms. The molecule has 2 unspecified atom stereocenters. The van der Waals surface area contributed by atoms with E-state index in [9.17, 15) is 0 Å². The minimum atomic E-state index is 0.318. The normalized spacial score (nSPS) is 34.2. The van der Waals surface area contributed by atoms with E-state index in [0.29, 0.717) is 12.2 Å². The summed E-state index contributed by atoms with van der Waals surface area (Å²) < 4.78 is 10.4. The Bertz CT molecular complexity index is 83.3. The fourth-order valence-corrected chi connectivity index (χ4v) is 1.34. The Hall–Kier alpha value is -0.0800. The lowest BCUT2D eigenvalue weighted by atomic mass is 9.95. The average molecular weight is 143 g/mol. The van der Waals surface area contributed by atoms with Crippen LogP contribution in [-0.2, 0) is 9.47 Å². The van der Waals surface area contributed by atoms with Crippen molar-refractivity contribution in [2.45, 2.75) is 31.5 Å². The molecule has 0 aliphatic heterocycles. The first-order valence-electron chi connectivity index (χ1n) is 3.77. The number of methoxy groups -OCH3 is 2. The van der Waals surface area contributed by atoms with Crippen LogP contribution in [0.2, 0.25) is 0 Å². The van der Waals surface area contributed by atoms with Crippen molar-refractivity contribution in [3.63, 3.8) is 0 Å². The summed E-state index contributed by atoms with van der Waals surface area (Å²) >= 11 is 0. The van der Waals surface area contributed by atoms with Gasteiger partial charge in [-0.1, -0.05) is 0 Å². The molecule has 1 saturated carbocycles. The van der Waals surface area contributed by atoms with E-state index in [1.807, 2.05) is 0 Å². The van der Waals surface area contributed by atoms with Gasteiger partial charge in [0.05, 0.1) is 12.2 Å². The zero-order chi connectivity index (χ0) is 7.40. The largest absolute Gasteiger partial charge is 0.381 e. The second kappa shape index (κ2) is 3.94. The molecule has 1 radical (unpaired) electrons. The molecule has 2 nitrogen and oxygen atoms in total. The van der Waals surface area contributed by atoms with Crippen LogP contribution in [0.25, 0.3) is 0 Å². The van der Waals surface area contributed by atoms with E-state index in [-0.39, 0.29) is 0 Å². The van der Waals surface area contributed by atoms with Crippen molar-refractivity contribution >= 4 is 0 Å². The molecule has 0 aromatic heterocycles. The summed E-state index contributed by atoms with van der Waals surface area (Å²) in [4.78, 5) is 0.